The number of nitrogens with zero attached hydrogens (tertiary/aromatic N) is 2. The van der Waals surface area contributed by atoms with Crippen molar-refractivity contribution in [3.63, 3.8) is 0 Å². The molecule has 0 atom stereocenters. The molecule has 0 spiro atoms. The summed E-state index contributed by atoms with van der Waals surface area (Å²) in [6, 6.07) is 10.7. The van der Waals surface area contributed by atoms with Crippen molar-refractivity contribution in [1.29, 1.82) is 0 Å². The van der Waals surface area contributed by atoms with E-state index in [1.807, 2.05) is 0 Å². The van der Waals surface area contributed by atoms with Crippen molar-refractivity contribution in [2.45, 2.75) is 32.1 Å². The maximum atomic E-state index is 12.7. The Hall–Kier alpha value is -1.39. The minimum Gasteiger partial charge on any atom is -0.381 e. The Bertz CT molecular complexity index is 500. The van der Waals surface area contributed by atoms with Gasteiger partial charge in [-0.1, -0.05) is 30.3 Å². The SMILES string of the molecule is O=C(C1CCOCC1)N1CCCN(CCCc2ccccc2)CC1. The van der Waals surface area contributed by atoms with Gasteiger partial charge in [0.25, 0.3) is 0 Å². The molecule has 2 aliphatic rings. The van der Waals surface area contributed by atoms with Crippen LogP contribution in [0.5, 0.6) is 0 Å². The molecule has 0 aromatic heterocycles. The van der Waals surface area contributed by atoms with E-state index in [2.05, 4.69) is 40.1 Å². The highest BCUT2D eigenvalue weighted by atomic mass is 16.5. The Kier molecular flexibility index (Phi) is 6.67. The lowest BCUT2D eigenvalue weighted by molar-refractivity contribution is -0.138. The maximum Gasteiger partial charge on any atom is 0.225 e. The molecule has 0 unspecified atom stereocenters. The van der Waals surface area contributed by atoms with Crippen molar-refractivity contribution in [2.75, 3.05) is 45.9 Å². The minimum atomic E-state index is 0.198. The molecule has 0 bridgehead atoms. The van der Waals surface area contributed by atoms with Gasteiger partial charge in [0.05, 0.1) is 0 Å². The third-order valence-corrected chi connectivity index (χ3v) is 5.25. The third kappa shape index (κ3) is 5.05. The van der Waals surface area contributed by atoms with E-state index < -0.39 is 0 Å². The molecule has 0 radical (unpaired) electrons. The first kappa shape index (κ1) is 17.4. The van der Waals surface area contributed by atoms with Crippen LogP contribution in [0, 0.1) is 5.92 Å². The van der Waals surface area contributed by atoms with Gasteiger partial charge in [0.15, 0.2) is 0 Å². The van der Waals surface area contributed by atoms with Gasteiger partial charge in [-0.2, -0.15) is 0 Å². The van der Waals surface area contributed by atoms with E-state index in [-0.39, 0.29) is 5.92 Å². The zero-order valence-electron chi connectivity index (χ0n) is 14.7. The molecule has 1 aromatic carbocycles. The Morgan fingerprint density at radius 3 is 2.62 bits per heavy atom. The molecule has 4 heteroatoms. The molecule has 0 aliphatic carbocycles. The fourth-order valence-corrected chi connectivity index (χ4v) is 3.77. The summed E-state index contributed by atoms with van der Waals surface area (Å²) in [6.07, 6.45) is 5.23. The first-order valence-electron chi connectivity index (χ1n) is 9.46. The fraction of sp³-hybridized carbons (Fsp3) is 0.650. The number of aryl methyl sites for hydroxylation is 1. The predicted molar refractivity (Wildman–Crippen MR) is 95.9 cm³/mol. The zero-order chi connectivity index (χ0) is 16.6. The Labute approximate surface area is 145 Å². The van der Waals surface area contributed by atoms with Crippen molar-refractivity contribution in [1.82, 2.24) is 9.80 Å². The quantitative estimate of drug-likeness (QED) is 0.832. The van der Waals surface area contributed by atoms with Crippen molar-refractivity contribution >= 4 is 5.91 Å². The monoisotopic (exact) mass is 330 g/mol. The van der Waals surface area contributed by atoms with E-state index in [0.29, 0.717) is 5.91 Å². The second-order valence-electron chi connectivity index (χ2n) is 7.00. The van der Waals surface area contributed by atoms with Crippen LogP contribution in [0.25, 0.3) is 0 Å². The van der Waals surface area contributed by atoms with Gasteiger partial charge in [-0.05, 0) is 50.8 Å². The highest BCUT2D eigenvalue weighted by molar-refractivity contribution is 5.79. The van der Waals surface area contributed by atoms with Gasteiger partial charge in [0, 0.05) is 38.8 Å². The number of benzene rings is 1. The summed E-state index contributed by atoms with van der Waals surface area (Å²) >= 11 is 0. The molecule has 4 nitrogen and oxygen atoms in total. The number of rotatable bonds is 5. The van der Waals surface area contributed by atoms with Gasteiger partial charge in [-0.15, -0.1) is 0 Å². The second kappa shape index (κ2) is 9.19. The lowest BCUT2D eigenvalue weighted by Gasteiger charge is -2.28. The molecule has 2 saturated heterocycles. The summed E-state index contributed by atoms with van der Waals surface area (Å²) in [5.41, 5.74) is 1.42. The average Bonchev–Trinajstić information content (AvgIpc) is 2.88. The molecule has 3 rings (SSSR count). The van der Waals surface area contributed by atoms with Crippen LogP contribution in [0.2, 0.25) is 0 Å². The van der Waals surface area contributed by atoms with Crippen LogP contribution in [0.15, 0.2) is 30.3 Å². The number of carbonyl (C=O) groups is 1. The molecule has 2 heterocycles. The summed E-state index contributed by atoms with van der Waals surface area (Å²) < 4.78 is 5.38. The smallest absolute Gasteiger partial charge is 0.225 e. The van der Waals surface area contributed by atoms with Gasteiger partial charge < -0.3 is 14.5 Å². The molecule has 132 valence electrons. The molecule has 0 saturated carbocycles. The lowest BCUT2D eigenvalue weighted by atomic mass is 9.98. The summed E-state index contributed by atoms with van der Waals surface area (Å²) in [5, 5.41) is 0. The summed E-state index contributed by atoms with van der Waals surface area (Å²) in [7, 11) is 0. The summed E-state index contributed by atoms with van der Waals surface area (Å²) in [5.74, 6) is 0.563. The minimum absolute atomic E-state index is 0.198. The van der Waals surface area contributed by atoms with Gasteiger partial charge >= 0.3 is 0 Å². The van der Waals surface area contributed by atoms with E-state index in [1.54, 1.807) is 0 Å². The largest absolute Gasteiger partial charge is 0.381 e. The average molecular weight is 330 g/mol. The van der Waals surface area contributed by atoms with Crippen LogP contribution in [-0.2, 0) is 16.0 Å². The van der Waals surface area contributed by atoms with E-state index in [9.17, 15) is 4.79 Å². The second-order valence-corrected chi connectivity index (χ2v) is 7.00. The van der Waals surface area contributed by atoms with Gasteiger partial charge in [-0.3, -0.25) is 4.79 Å². The molecule has 0 N–H and O–H groups in total. The van der Waals surface area contributed by atoms with Gasteiger partial charge in [0.2, 0.25) is 5.91 Å². The van der Waals surface area contributed by atoms with Crippen LogP contribution in [-0.4, -0.2) is 61.6 Å². The first-order valence-corrected chi connectivity index (χ1v) is 9.46. The Morgan fingerprint density at radius 1 is 1.04 bits per heavy atom. The number of amides is 1. The van der Waals surface area contributed by atoms with Crippen molar-refractivity contribution in [3.05, 3.63) is 35.9 Å². The molecular weight excluding hydrogens is 300 g/mol. The molecule has 24 heavy (non-hydrogen) atoms. The molecule has 2 fully saturated rings. The van der Waals surface area contributed by atoms with E-state index in [0.717, 1.165) is 71.6 Å². The highest BCUT2D eigenvalue weighted by Crippen LogP contribution is 2.19. The van der Waals surface area contributed by atoms with Gasteiger partial charge in [-0.25, -0.2) is 0 Å². The molecule has 1 amide bonds. The lowest BCUT2D eigenvalue weighted by Crippen LogP contribution is -2.40. The van der Waals surface area contributed by atoms with E-state index >= 15 is 0 Å². The Balaban J connectivity index is 1.40. The van der Waals surface area contributed by atoms with Crippen molar-refractivity contribution in [3.8, 4) is 0 Å². The Morgan fingerprint density at radius 2 is 1.83 bits per heavy atom. The van der Waals surface area contributed by atoms with Crippen LogP contribution in [0.1, 0.15) is 31.2 Å². The molecule has 1 aromatic rings. The van der Waals surface area contributed by atoms with E-state index in [1.165, 1.54) is 12.0 Å². The number of carbonyl (C=O) groups excluding carboxylic acids is 1. The number of ether oxygens (including phenoxy) is 1. The van der Waals surface area contributed by atoms with Gasteiger partial charge in [0.1, 0.15) is 0 Å². The van der Waals surface area contributed by atoms with Crippen LogP contribution in [0.4, 0.5) is 0 Å². The summed E-state index contributed by atoms with van der Waals surface area (Å²) in [4.78, 5) is 17.3. The predicted octanol–water partition coefficient (Wildman–Crippen LogP) is 2.58. The van der Waals surface area contributed by atoms with Crippen LogP contribution in [0.3, 0.4) is 0 Å². The number of hydrogen-bond acceptors (Lipinski definition) is 3. The normalized spacial score (nSPS) is 20.8. The first-order chi connectivity index (χ1) is 11.8. The topological polar surface area (TPSA) is 32.8 Å². The molecule has 2 aliphatic heterocycles. The summed E-state index contributed by atoms with van der Waals surface area (Å²) in [6.45, 7) is 6.57. The maximum absolute atomic E-state index is 12.7. The van der Waals surface area contributed by atoms with E-state index in [4.69, 9.17) is 4.74 Å². The van der Waals surface area contributed by atoms with Crippen LogP contribution >= 0.6 is 0 Å². The highest BCUT2D eigenvalue weighted by Gasteiger charge is 2.27. The van der Waals surface area contributed by atoms with Crippen LogP contribution < -0.4 is 0 Å². The van der Waals surface area contributed by atoms with Crippen molar-refractivity contribution in [2.24, 2.45) is 5.92 Å². The third-order valence-electron chi connectivity index (χ3n) is 5.25. The fourth-order valence-electron chi connectivity index (χ4n) is 3.77. The zero-order valence-corrected chi connectivity index (χ0v) is 14.7. The van der Waals surface area contributed by atoms with Crippen molar-refractivity contribution < 1.29 is 9.53 Å². The molecular formula is C20H30N2O2. The number of hydrogen-bond donors (Lipinski definition) is 0. The standard InChI is InChI=1S/C20H30N2O2/c23-20(19-9-16-24-17-10-19)22-13-5-12-21(14-15-22)11-4-8-18-6-2-1-3-7-18/h1-3,6-7,19H,4-5,8-17H2.